The topological polar surface area (TPSA) is 17.1 Å². The van der Waals surface area contributed by atoms with Crippen LogP contribution in [-0.4, -0.2) is 6.29 Å². The Hall–Kier alpha value is -0.240. The van der Waals surface area contributed by atoms with Crippen molar-refractivity contribution in [2.24, 2.45) is 0 Å². The molecule has 0 saturated heterocycles. The minimum atomic E-state index is -0.711. The fourth-order valence-corrected chi connectivity index (χ4v) is 3.16. The Bertz CT molecular complexity index is 420. The molecule has 1 aromatic carbocycles. The number of aldehydes is 1. The second-order valence-corrected chi connectivity index (χ2v) is 6.34. The summed E-state index contributed by atoms with van der Waals surface area (Å²) in [5.74, 6) is 0. The third-order valence-corrected chi connectivity index (χ3v) is 4.34. The van der Waals surface area contributed by atoms with Gasteiger partial charge in [0.05, 0.1) is 4.87 Å². The van der Waals surface area contributed by atoms with E-state index in [-0.39, 0.29) is 6.42 Å². The lowest BCUT2D eigenvalue weighted by Gasteiger charge is -2.26. The minimum absolute atomic E-state index is 0.266. The lowest BCUT2D eigenvalue weighted by Crippen LogP contribution is -2.20. The van der Waals surface area contributed by atoms with Gasteiger partial charge in [-0.3, -0.25) is 0 Å². The van der Waals surface area contributed by atoms with Crippen molar-refractivity contribution >= 4 is 41.1 Å². The van der Waals surface area contributed by atoms with Crippen LogP contribution in [0.2, 0.25) is 10.0 Å². The highest BCUT2D eigenvalue weighted by Crippen LogP contribution is 2.41. The molecule has 0 aliphatic heterocycles. The number of unbranched alkanes of at least 4 members (excludes halogenated alkanes) is 3. The van der Waals surface area contributed by atoms with E-state index in [2.05, 4.69) is 6.92 Å². The molecule has 0 saturated carbocycles. The zero-order valence-electron chi connectivity index (χ0n) is 11.1. The molecule has 19 heavy (non-hydrogen) atoms. The van der Waals surface area contributed by atoms with Gasteiger partial charge < -0.3 is 4.79 Å². The average molecular weight is 322 g/mol. The number of carbonyl (C=O) groups excluding carboxylic acids is 1. The van der Waals surface area contributed by atoms with Crippen LogP contribution in [0.4, 0.5) is 0 Å². The first-order valence-corrected chi connectivity index (χ1v) is 7.75. The maximum atomic E-state index is 10.9. The van der Waals surface area contributed by atoms with Crippen molar-refractivity contribution in [3.63, 3.8) is 0 Å². The van der Waals surface area contributed by atoms with Crippen LogP contribution >= 0.6 is 34.8 Å². The van der Waals surface area contributed by atoms with E-state index in [1.54, 1.807) is 12.1 Å². The van der Waals surface area contributed by atoms with Gasteiger partial charge in [0.25, 0.3) is 0 Å². The minimum Gasteiger partial charge on any atom is -0.303 e. The molecule has 0 aromatic heterocycles. The second kappa shape index (κ2) is 8.14. The summed E-state index contributed by atoms with van der Waals surface area (Å²) < 4.78 is 0. The van der Waals surface area contributed by atoms with Crippen molar-refractivity contribution in [3.05, 3.63) is 33.8 Å². The van der Waals surface area contributed by atoms with Crippen molar-refractivity contribution in [1.82, 2.24) is 0 Å². The highest BCUT2D eigenvalue weighted by molar-refractivity contribution is 6.36. The van der Waals surface area contributed by atoms with Gasteiger partial charge in [-0.15, -0.1) is 11.6 Å². The molecule has 0 aliphatic carbocycles. The lowest BCUT2D eigenvalue weighted by atomic mass is 9.89. The fourth-order valence-electron chi connectivity index (χ4n) is 2.16. The zero-order valence-corrected chi connectivity index (χ0v) is 13.4. The van der Waals surface area contributed by atoms with Gasteiger partial charge in [-0.05, 0) is 24.1 Å². The molecule has 1 rings (SSSR count). The van der Waals surface area contributed by atoms with Gasteiger partial charge in [-0.2, -0.15) is 0 Å². The third kappa shape index (κ3) is 4.98. The van der Waals surface area contributed by atoms with Crippen molar-refractivity contribution in [3.8, 4) is 0 Å². The van der Waals surface area contributed by atoms with Crippen molar-refractivity contribution in [1.29, 1.82) is 0 Å². The Balaban J connectivity index is 2.87. The quantitative estimate of drug-likeness (QED) is 0.326. The van der Waals surface area contributed by atoms with E-state index in [0.717, 1.165) is 31.1 Å². The number of hydrogen-bond acceptors (Lipinski definition) is 1. The van der Waals surface area contributed by atoms with Crippen LogP contribution in [0.1, 0.15) is 51.0 Å². The number of rotatable bonds is 8. The predicted molar refractivity (Wildman–Crippen MR) is 83.4 cm³/mol. The molecular formula is C15H19Cl3O. The molecule has 0 amide bonds. The lowest BCUT2D eigenvalue weighted by molar-refractivity contribution is -0.108. The van der Waals surface area contributed by atoms with Crippen LogP contribution < -0.4 is 0 Å². The van der Waals surface area contributed by atoms with E-state index in [0.29, 0.717) is 10.0 Å². The largest absolute Gasteiger partial charge is 0.303 e. The van der Waals surface area contributed by atoms with Gasteiger partial charge in [0.2, 0.25) is 0 Å². The molecule has 1 unspecified atom stereocenters. The molecule has 0 heterocycles. The van der Waals surface area contributed by atoms with Gasteiger partial charge in [-0.1, -0.05) is 61.9 Å². The maximum absolute atomic E-state index is 10.9. The van der Waals surface area contributed by atoms with E-state index >= 15 is 0 Å². The van der Waals surface area contributed by atoms with Crippen molar-refractivity contribution < 1.29 is 4.79 Å². The summed E-state index contributed by atoms with van der Waals surface area (Å²) in [6.45, 7) is 2.16. The Labute approximate surface area is 130 Å². The Kier molecular flexibility index (Phi) is 7.20. The maximum Gasteiger partial charge on any atom is 0.122 e. The molecule has 0 bridgehead atoms. The van der Waals surface area contributed by atoms with E-state index in [9.17, 15) is 4.79 Å². The average Bonchev–Trinajstić information content (AvgIpc) is 2.35. The van der Waals surface area contributed by atoms with Crippen LogP contribution in [0.5, 0.6) is 0 Å². The normalized spacial score (nSPS) is 14.1. The predicted octanol–water partition coefficient (Wildman–Crippen LogP) is 5.99. The standard InChI is InChI=1S/C15H19Cl3O/c1-2-3-4-5-8-15(18,9-10-19)13-7-6-12(16)11-14(13)17/h6-7,10-11H,2-5,8-9H2,1H3. The summed E-state index contributed by atoms with van der Waals surface area (Å²) in [5, 5.41) is 1.10. The number of carbonyl (C=O) groups is 1. The number of benzene rings is 1. The molecule has 106 valence electrons. The molecular weight excluding hydrogens is 303 g/mol. The Morgan fingerprint density at radius 1 is 1.21 bits per heavy atom. The SMILES string of the molecule is CCCCCCC(Cl)(CC=O)c1ccc(Cl)cc1Cl. The van der Waals surface area contributed by atoms with Crippen LogP contribution in [0.25, 0.3) is 0 Å². The van der Waals surface area contributed by atoms with Crippen LogP contribution in [-0.2, 0) is 9.67 Å². The summed E-state index contributed by atoms with van der Waals surface area (Å²) in [7, 11) is 0. The van der Waals surface area contributed by atoms with Gasteiger partial charge in [0.1, 0.15) is 6.29 Å². The molecule has 0 aliphatic rings. The number of halogens is 3. The molecule has 0 fully saturated rings. The fraction of sp³-hybridized carbons (Fsp3) is 0.533. The van der Waals surface area contributed by atoms with Gasteiger partial charge >= 0.3 is 0 Å². The van der Waals surface area contributed by atoms with E-state index < -0.39 is 4.87 Å². The molecule has 1 aromatic rings. The molecule has 0 N–H and O–H groups in total. The first kappa shape index (κ1) is 16.8. The van der Waals surface area contributed by atoms with Crippen LogP contribution in [0, 0.1) is 0 Å². The third-order valence-electron chi connectivity index (χ3n) is 3.25. The Morgan fingerprint density at radius 3 is 2.53 bits per heavy atom. The van der Waals surface area contributed by atoms with Gasteiger partial charge in [0, 0.05) is 16.5 Å². The molecule has 4 heteroatoms. The van der Waals surface area contributed by atoms with E-state index in [1.807, 2.05) is 6.07 Å². The summed E-state index contributed by atoms with van der Waals surface area (Å²) >= 11 is 18.7. The highest BCUT2D eigenvalue weighted by atomic mass is 35.5. The summed E-state index contributed by atoms with van der Waals surface area (Å²) in [5.41, 5.74) is 0.795. The first-order valence-electron chi connectivity index (χ1n) is 6.61. The molecule has 1 nitrogen and oxygen atoms in total. The summed E-state index contributed by atoms with van der Waals surface area (Å²) in [4.78, 5) is 10.2. The number of alkyl halides is 1. The van der Waals surface area contributed by atoms with Crippen LogP contribution in [0.15, 0.2) is 18.2 Å². The first-order chi connectivity index (χ1) is 9.03. The van der Waals surface area contributed by atoms with Crippen molar-refractivity contribution in [2.45, 2.75) is 50.3 Å². The summed E-state index contributed by atoms with van der Waals surface area (Å²) in [6, 6.07) is 5.25. The zero-order chi connectivity index (χ0) is 14.3. The molecule has 1 atom stereocenters. The van der Waals surface area contributed by atoms with Gasteiger partial charge in [-0.25, -0.2) is 0 Å². The summed E-state index contributed by atoms with van der Waals surface area (Å²) in [6.07, 6.45) is 6.33. The second-order valence-electron chi connectivity index (χ2n) is 4.77. The van der Waals surface area contributed by atoms with Crippen LogP contribution in [0.3, 0.4) is 0 Å². The number of hydrogen-bond donors (Lipinski definition) is 0. The monoisotopic (exact) mass is 320 g/mol. The Morgan fingerprint density at radius 2 is 1.95 bits per heavy atom. The van der Waals surface area contributed by atoms with E-state index in [1.165, 1.54) is 12.8 Å². The molecule has 0 spiro atoms. The molecule has 0 radical (unpaired) electrons. The van der Waals surface area contributed by atoms with Gasteiger partial charge in [0.15, 0.2) is 0 Å². The smallest absolute Gasteiger partial charge is 0.122 e. The van der Waals surface area contributed by atoms with Crippen molar-refractivity contribution in [2.75, 3.05) is 0 Å². The van der Waals surface area contributed by atoms with E-state index in [4.69, 9.17) is 34.8 Å². The highest BCUT2D eigenvalue weighted by Gasteiger charge is 2.30.